The maximum absolute atomic E-state index is 13.4. The quantitative estimate of drug-likeness (QED) is 0.599. The Bertz CT molecular complexity index is 314. The molecule has 1 aromatic carbocycles. The minimum absolute atomic E-state index is 0.432. The monoisotopic (exact) mass is 254 g/mol. The topological polar surface area (TPSA) is 9.23 Å². The average molecular weight is 254 g/mol. The van der Waals surface area contributed by atoms with Crippen molar-refractivity contribution in [1.29, 1.82) is 0 Å². The second kappa shape index (κ2) is 5.54. The van der Waals surface area contributed by atoms with Gasteiger partial charge in [0.1, 0.15) is 0 Å². The Labute approximate surface area is 94.8 Å². The molecule has 0 amide bonds. The van der Waals surface area contributed by atoms with Crippen LogP contribution in [0.4, 0.5) is 17.6 Å². The molecule has 0 aliphatic carbocycles. The van der Waals surface area contributed by atoms with E-state index < -0.39 is 17.8 Å². The number of rotatable bonds is 4. The van der Waals surface area contributed by atoms with Crippen LogP contribution in [0, 0.1) is 0 Å². The van der Waals surface area contributed by atoms with Crippen LogP contribution >= 0.6 is 11.8 Å². The van der Waals surface area contributed by atoms with Crippen molar-refractivity contribution in [1.82, 2.24) is 0 Å². The number of thioether (sulfide) groups is 1. The molecular formula is C10H10F4OS. The number of hydrogen-bond donors (Lipinski definition) is 0. The lowest BCUT2D eigenvalue weighted by atomic mass is 10.4. The number of methoxy groups -OCH3 is 1. The molecule has 0 spiro atoms. The van der Waals surface area contributed by atoms with E-state index in [0.29, 0.717) is 16.7 Å². The van der Waals surface area contributed by atoms with Gasteiger partial charge in [0.25, 0.3) is 0 Å². The van der Waals surface area contributed by atoms with Crippen LogP contribution < -0.4 is 0 Å². The van der Waals surface area contributed by atoms with Gasteiger partial charge in [0.05, 0.1) is 0 Å². The van der Waals surface area contributed by atoms with Crippen LogP contribution in [-0.2, 0) is 4.74 Å². The van der Waals surface area contributed by atoms with Crippen molar-refractivity contribution in [2.75, 3.05) is 7.11 Å². The summed E-state index contributed by atoms with van der Waals surface area (Å²) in [6.07, 6.45) is -7.10. The predicted molar refractivity (Wildman–Crippen MR) is 54.0 cm³/mol. The SMILES string of the molecule is CO[C@H]([C@H](F)Sc1ccccc1)C(F)(F)F. The fraction of sp³-hybridized carbons (Fsp3) is 0.400. The van der Waals surface area contributed by atoms with Crippen molar-refractivity contribution in [3.63, 3.8) is 0 Å². The highest BCUT2D eigenvalue weighted by Crippen LogP contribution is 2.34. The number of benzene rings is 1. The van der Waals surface area contributed by atoms with Gasteiger partial charge in [-0.05, 0) is 12.1 Å². The van der Waals surface area contributed by atoms with E-state index in [1.807, 2.05) is 0 Å². The zero-order valence-corrected chi connectivity index (χ0v) is 9.19. The van der Waals surface area contributed by atoms with Gasteiger partial charge in [-0.15, -0.1) is 0 Å². The maximum Gasteiger partial charge on any atom is 0.418 e. The van der Waals surface area contributed by atoms with E-state index in [1.165, 1.54) is 0 Å². The van der Waals surface area contributed by atoms with E-state index in [9.17, 15) is 17.6 Å². The summed E-state index contributed by atoms with van der Waals surface area (Å²) in [6, 6.07) is 8.05. The largest absolute Gasteiger partial charge is 0.418 e. The summed E-state index contributed by atoms with van der Waals surface area (Å²) in [4.78, 5) is 0.432. The standard InChI is InChI=1S/C10H10F4OS/c1-15-8(10(12,13)14)9(11)16-7-5-3-2-4-6-7/h2-6,8-9H,1H3/t8-,9-/m1/s1. The molecule has 0 bridgehead atoms. The molecule has 0 N–H and O–H groups in total. The van der Waals surface area contributed by atoms with Crippen LogP contribution in [0.25, 0.3) is 0 Å². The van der Waals surface area contributed by atoms with E-state index >= 15 is 0 Å². The molecular weight excluding hydrogens is 244 g/mol. The fourth-order valence-corrected chi connectivity index (χ4v) is 2.04. The number of hydrogen-bond acceptors (Lipinski definition) is 2. The molecule has 16 heavy (non-hydrogen) atoms. The first kappa shape index (κ1) is 13.3. The van der Waals surface area contributed by atoms with Crippen molar-refractivity contribution < 1.29 is 22.3 Å². The molecule has 0 saturated carbocycles. The van der Waals surface area contributed by atoms with Crippen molar-refractivity contribution in [2.45, 2.75) is 22.7 Å². The molecule has 0 fully saturated rings. The Kier molecular flexibility index (Phi) is 4.61. The Morgan fingerprint density at radius 1 is 1.19 bits per heavy atom. The Morgan fingerprint density at radius 2 is 1.75 bits per heavy atom. The summed E-state index contributed by atoms with van der Waals surface area (Å²) in [7, 11) is 0.844. The highest BCUT2D eigenvalue weighted by Gasteiger charge is 2.46. The van der Waals surface area contributed by atoms with E-state index in [-0.39, 0.29) is 0 Å². The first-order valence-corrected chi connectivity index (χ1v) is 5.28. The van der Waals surface area contributed by atoms with Gasteiger partial charge >= 0.3 is 6.18 Å². The molecule has 90 valence electrons. The van der Waals surface area contributed by atoms with Crippen molar-refractivity contribution in [3.05, 3.63) is 30.3 Å². The molecule has 1 rings (SSSR count). The minimum atomic E-state index is -4.70. The Balaban J connectivity index is 2.67. The normalized spacial score (nSPS) is 15.8. The Hall–Kier alpha value is -0.750. The average Bonchev–Trinajstić information content (AvgIpc) is 2.17. The molecule has 0 aliphatic heterocycles. The van der Waals surface area contributed by atoms with Gasteiger partial charge in [-0.1, -0.05) is 30.0 Å². The molecule has 0 saturated heterocycles. The Morgan fingerprint density at radius 3 is 2.19 bits per heavy atom. The summed E-state index contributed by atoms with van der Waals surface area (Å²) in [5.74, 6) is 0. The van der Waals surface area contributed by atoms with Gasteiger partial charge in [-0.2, -0.15) is 13.2 Å². The van der Waals surface area contributed by atoms with E-state index in [1.54, 1.807) is 30.3 Å². The highest BCUT2D eigenvalue weighted by atomic mass is 32.2. The van der Waals surface area contributed by atoms with Crippen molar-refractivity contribution in [2.24, 2.45) is 0 Å². The second-order valence-corrected chi connectivity index (χ2v) is 4.14. The first-order chi connectivity index (χ1) is 7.45. The lowest BCUT2D eigenvalue weighted by molar-refractivity contribution is -0.220. The molecule has 0 radical (unpaired) electrons. The van der Waals surface area contributed by atoms with Crippen LogP contribution in [-0.4, -0.2) is 24.9 Å². The third-order valence-electron chi connectivity index (χ3n) is 1.81. The van der Waals surface area contributed by atoms with Crippen LogP contribution in [0.1, 0.15) is 0 Å². The van der Waals surface area contributed by atoms with Gasteiger partial charge in [-0.3, -0.25) is 0 Å². The number of ether oxygens (including phenoxy) is 1. The molecule has 2 atom stereocenters. The lowest BCUT2D eigenvalue weighted by Gasteiger charge is -2.21. The summed E-state index contributed by atoms with van der Waals surface area (Å²) in [5.41, 5.74) is -2.17. The van der Waals surface area contributed by atoms with Crippen LogP contribution in [0.2, 0.25) is 0 Å². The molecule has 0 unspecified atom stereocenters. The molecule has 1 nitrogen and oxygen atoms in total. The van der Waals surface area contributed by atoms with Gasteiger partial charge in [-0.25, -0.2) is 4.39 Å². The molecule has 6 heteroatoms. The second-order valence-electron chi connectivity index (χ2n) is 2.98. The van der Waals surface area contributed by atoms with Gasteiger partial charge < -0.3 is 4.74 Å². The molecule has 1 aromatic rings. The van der Waals surface area contributed by atoms with E-state index in [2.05, 4.69) is 4.74 Å². The van der Waals surface area contributed by atoms with Crippen LogP contribution in [0.3, 0.4) is 0 Å². The minimum Gasteiger partial charge on any atom is -0.368 e. The van der Waals surface area contributed by atoms with Crippen molar-refractivity contribution in [3.8, 4) is 0 Å². The summed E-state index contributed by atoms with van der Waals surface area (Å²) in [6.45, 7) is 0. The zero-order valence-electron chi connectivity index (χ0n) is 8.37. The molecule has 0 heterocycles. The fourth-order valence-electron chi connectivity index (χ4n) is 1.08. The third-order valence-corrected chi connectivity index (χ3v) is 2.82. The van der Waals surface area contributed by atoms with Gasteiger partial charge in [0, 0.05) is 12.0 Å². The lowest BCUT2D eigenvalue weighted by Crippen LogP contribution is -2.37. The highest BCUT2D eigenvalue weighted by molar-refractivity contribution is 7.99. The molecule has 0 aliphatic rings. The number of alkyl halides is 4. The molecule has 0 aromatic heterocycles. The van der Waals surface area contributed by atoms with Crippen LogP contribution in [0.15, 0.2) is 35.2 Å². The first-order valence-electron chi connectivity index (χ1n) is 4.40. The van der Waals surface area contributed by atoms with Gasteiger partial charge in [0.2, 0.25) is 0 Å². The maximum atomic E-state index is 13.4. The third kappa shape index (κ3) is 3.68. The van der Waals surface area contributed by atoms with Gasteiger partial charge in [0.15, 0.2) is 11.6 Å². The van der Waals surface area contributed by atoms with Crippen molar-refractivity contribution >= 4 is 11.8 Å². The van der Waals surface area contributed by atoms with E-state index in [0.717, 1.165) is 7.11 Å². The van der Waals surface area contributed by atoms with Crippen LogP contribution in [0.5, 0.6) is 0 Å². The zero-order chi connectivity index (χ0) is 12.2. The summed E-state index contributed by atoms with van der Waals surface area (Å²) in [5, 5.41) is 0. The smallest absolute Gasteiger partial charge is 0.368 e. The number of halogens is 4. The summed E-state index contributed by atoms with van der Waals surface area (Å²) < 4.78 is 54.4. The van der Waals surface area contributed by atoms with E-state index in [4.69, 9.17) is 0 Å². The summed E-state index contributed by atoms with van der Waals surface area (Å²) >= 11 is 0.491. The predicted octanol–water partition coefficient (Wildman–Crippen LogP) is 3.65.